The number of halogens is 6. The number of alkyl halides is 1. The number of aryl methyl sites for hydroxylation is 4. The van der Waals surface area contributed by atoms with Gasteiger partial charge in [-0.05, 0) is 85.6 Å². The van der Waals surface area contributed by atoms with E-state index in [-0.39, 0.29) is 45.7 Å². The van der Waals surface area contributed by atoms with Gasteiger partial charge in [-0.3, -0.25) is 14.3 Å². The number of rotatable bonds is 13. The van der Waals surface area contributed by atoms with Crippen molar-refractivity contribution in [3.63, 3.8) is 0 Å². The molecule has 64 heavy (non-hydrogen) atoms. The van der Waals surface area contributed by atoms with Gasteiger partial charge in [-0.25, -0.2) is 34.4 Å². The topological polar surface area (TPSA) is 169 Å². The molecule has 3 N–H and O–H groups in total. The Hall–Kier alpha value is -6.08. The zero-order valence-electron chi connectivity index (χ0n) is 34.7. The molecule has 12 nitrogen and oxygen atoms in total. The summed E-state index contributed by atoms with van der Waals surface area (Å²) in [4.78, 5) is 24.4. The van der Waals surface area contributed by atoms with E-state index in [1.165, 1.54) is 33.4 Å². The van der Waals surface area contributed by atoms with Gasteiger partial charge in [-0.1, -0.05) is 20.4 Å². The molecule has 0 saturated heterocycles. The van der Waals surface area contributed by atoms with E-state index in [0.29, 0.717) is 63.7 Å². The van der Waals surface area contributed by atoms with E-state index >= 15 is 0 Å². The number of hydrogen-bond acceptors (Lipinski definition) is 9. The molecule has 6 rings (SSSR count). The van der Waals surface area contributed by atoms with Gasteiger partial charge in [0.15, 0.2) is 23.1 Å². The third-order valence-electron chi connectivity index (χ3n) is 8.91. The van der Waals surface area contributed by atoms with E-state index in [2.05, 4.69) is 11.3 Å². The summed E-state index contributed by atoms with van der Waals surface area (Å²) in [5.74, 6) is -2.98. The van der Waals surface area contributed by atoms with Gasteiger partial charge in [-0.2, -0.15) is 0 Å². The largest absolute Gasteiger partial charge is 0.454 e. The molecular formula is C44H42Cl2F4N4O8S2. The molecule has 0 aliphatic carbocycles. The number of benzene rings is 4. The number of hydrogen-bond donors (Lipinski definition) is 2. The quantitative estimate of drug-likeness (QED) is 0.0496. The van der Waals surface area contributed by atoms with Gasteiger partial charge in [-0.15, -0.1) is 11.6 Å². The first kappa shape index (κ1) is 50.6. The minimum Gasteiger partial charge on any atom is -0.454 e. The zero-order valence-corrected chi connectivity index (χ0v) is 37.8. The molecule has 0 amide bonds. The molecule has 2 aromatic heterocycles. The zero-order chi connectivity index (χ0) is 47.5. The molecule has 20 heteroatoms. The average Bonchev–Trinajstić information content (AvgIpc) is 3.23. The van der Waals surface area contributed by atoms with Gasteiger partial charge in [0.25, 0.3) is 21.1 Å². The number of aromatic nitrogens is 2. The summed E-state index contributed by atoms with van der Waals surface area (Å²) in [6, 6.07) is 18.8. The second-order valence-electron chi connectivity index (χ2n) is 13.6. The lowest BCUT2D eigenvalue weighted by atomic mass is 10.0. The maximum Gasteiger partial charge on any atom is 0.254 e. The fourth-order valence-corrected chi connectivity index (χ4v) is 7.58. The normalized spacial score (nSPS) is 11.1. The van der Waals surface area contributed by atoms with Crippen molar-refractivity contribution >= 4 is 52.7 Å². The molecular weight excluding hydrogens is 924 g/mol. The van der Waals surface area contributed by atoms with E-state index < -0.39 is 42.3 Å². The summed E-state index contributed by atoms with van der Waals surface area (Å²) < 4.78 is 115. The van der Waals surface area contributed by atoms with Gasteiger partial charge >= 0.3 is 0 Å². The van der Waals surface area contributed by atoms with Crippen LogP contribution in [0.25, 0.3) is 22.3 Å². The Morgan fingerprint density at radius 2 is 1.12 bits per heavy atom. The molecule has 6 aromatic rings. The number of nitrogen functional groups attached to an aromatic ring is 1. The molecule has 2 heterocycles. The summed E-state index contributed by atoms with van der Waals surface area (Å²) in [7, 11) is 0.878. The number of ether oxygens (including phenoxy) is 2. The molecule has 0 spiro atoms. The van der Waals surface area contributed by atoms with Crippen LogP contribution in [-0.4, -0.2) is 37.6 Å². The van der Waals surface area contributed by atoms with Crippen molar-refractivity contribution in [2.45, 2.75) is 26.7 Å². The maximum absolute atomic E-state index is 14.1. The maximum atomic E-state index is 14.1. The van der Waals surface area contributed by atoms with E-state index in [0.717, 1.165) is 29.7 Å². The molecule has 340 valence electrons. The first-order valence-electron chi connectivity index (χ1n) is 18.9. The highest BCUT2D eigenvalue weighted by Crippen LogP contribution is 2.38. The van der Waals surface area contributed by atoms with Gasteiger partial charge in [0.2, 0.25) is 9.05 Å². The molecule has 0 bridgehead atoms. The number of nitrogens with zero attached hydrogens (tertiary/aromatic N) is 2. The summed E-state index contributed by atoms with van der Waals surface area (Å²) in [6.07, 6.45) is 4.29. The van der Waals surface area contributed by atoms with Crippen LogP contribution < -0.4 is 31.0 Å². The highest BCUT2D eigenvalue weighted by atomic mass is 35.7. The molecule has 0 saturated carbocycles. The average molecular weight is 966 g/mol. The standard InChI is InChI=1S/C22H20F2N2O4S.C20H18F2N2O2.C2H4Cl2O2S/c1-4-14-10-15(13-26(3)22(14)27)18-12-17(25-31(28,29)5-2)7-9-20(18)30-21-8-6-16(23)11-19(21)24;1-3-12-8-13(11-24(2)20(12)25)16-10-15(23)5-7-18(16)26-19-6-4-14(21)9-17(19)22;3-1-2-7(4,5)6/h5-13,25H,2,4H2,1,3H3;4-11H,3,23H2,1-2H3;1-2H2. The fourth-order valence-electron chi connectivity index (χ4n) is 5.78. The van der Waals surface area contributed by atoms with Gasteiger partial charge < -0.3 is 24.3 Å². The third kappa shape index (κ3) is 14.0. The minimum absolute atomic E-state index is 0.0613. The Labute approximate surface area is 376 Å². The highest BCUT2D eigenvalue weighted by molar-refractivity contribution is 8.13. The number of nitrogens with two attached hydrogens (primary N) is 1. The molecule has 4 aromatic carbocycles. The van der Waals surface area contributed by atoms with Crippen LogP contribution in [0.5, 0.6) is 23.0 Å². The fraction of sp³-hybridized carbons (Fsp3) is 0.182. The highest BCUT2D eigenvalue weighted by Gasteiger charge is 2.17. The van der Waals surface area contributed by atoms with Crippen LogP contribution in [0.4, 0.5) is 28.9 Å². The van der Waals surface area contributed by atoms with Crippen LogP contribution in [0.1, 0.15) is 25.0 Å². The van der Waals surface area contributed by atoms with Crippen molar-refractivity contribution < 1.29 is 43.9 Å². The van der Waals surface area contributed by atoms with Crippen molar-refractivity contribution in [2.24, 2.45) is 14.1 Å². The lowest BCUT2D eigenvalue weighted by Crippen LogP contribution is -2.20. The summed E-state index contributed by atoms with van der Waals surface area (Å²) in [6.45, 7) is 6.99. The van der Waals surface area contributed by atoms with E-state index in [9.17, 15) is 44.0 Å². The molecule has 0 radical (unpaired) electrons. The second kappa shape index (κ2) is 22.0. The van der Waals surface area contributed by atoms with Crippen LogP contribution in [0.2, 0.25) is 0 Å². The van der Waals surface area contributed by atoms with Crippen LogP contribution >= 0.6 is 22.3 Å². The molecule has 0 aliphatic rings. The van der Waals surface area contributed by atoms with Gasteiger partial charge in [0.05, 0.1) is 5.75 Å². The first-order chi connectivity index (χ1) is 30.1. The van der Waals surface area contributed by atoms with Crippen molar-refractivity contribution in [3.8, 4) is 45.3 Å². The lowest BCUT2D eigenvalue weighted by molar-refractivity contribution is 0.439. The van der Waals surface area contributed by atoms with E-state index in [4.69, 9.17) is 37.5 Å². The van der Waals surface area contributed by atoms with Crippen LogP contribution in [0.15, 0.2) is 119 Å². The van der Waals surface area contributed by atoms with E-state index in [1.807, 2.05) is 13.8 Å². The van der Waals surface area contributed by atoms with Crippen molar-refractivity contribution in [1.29, 1.82) is 0 Å². The lowest BCUT2D eigenvalue weighted by Gasteiger charge is -2.15. The van der Waals surface area contributed by atoms with Gasteiger partial charge in [0.1, 0.15) is 23.1 Å². The number of pyridine rings is 2. The van der Waals surface area contributed by atoms with Crippen molar-refractivity contribution in [1.82, 2.24) is 9.13 Å². The predicted molar refractivity (Wildman–Crippen MR) is 243 cm³/mol. The summed E-state index contributed by atoms with van der Waals surface area (Å²) in [5.41, 5.74) is 9.83. The number of sulfonamides is 1. The minimum atomic E-state index is -3.77. The summed E-state index contributed by atoms with van der Waals surface area (Å²) >= 11 is 5.02. The Morgan fingerprint density at radius 1 is 0.688 bits per heavy atom. The Kier molecular flexibility index (Phi) is 17.4. The number of anilines is 2. The molecule has 0 atom stereocenters. The van der Waals surface area contributed by atoms with Gasteiger partial charge in [0, 0.05) is 105 Å². The SMILES string of the molecule is C=CS(=O)(=O)Nc1ccc(Oc2ccc(F)cc2F)c(-c2cc(CC)c(=O)n(C)c2)c1.CCc1cc(-c2cc(N)ccc2Oc2ccc(F)cc2F)cn(C)c1=O.O=S(=O)(Cl)CCCl. The second-order valence-corrected chi connectivity index (χ2v) is 18.5. The molecule has 0 aliphatic heterocycles. The smallest absolute Gasteiger partial charge is 0.254 e. The first-order valence-corrected chi connectivity index (χ1v) is 23.5. The Morgan fingerprint density at radius 3 is 1.52 bits per heavy atom. The number of nitrogens with one attached hydrogen (secondary N) is 1. The Balaban J connectivity index is 0.000000247. The predicted octanol–water partition coefficient (Wildman–Crippen LogP) is 9.63. The molecule has 0 fully saturated rings. The summed E-state index contributed by atoms with van der Waals surface area (Å²) in [5, 5.41) is 0.770. The van der Waals surface area contributed by atoms with Crippen molar-refractivity contribution in [3.05, 3.63) is 164 Å². The van der Waals surface area contributed by atoms with Crippen LogP contribution in [0.3, 0.4) is 0 Å². The Bertz CT molecular complexity index is 3020. The monoisotopic (exact) mass is 964 g/mol. The van der Waals surface area contributed by atoms with E-state index in [1.54, 1.807) is 56.8 Å². The van der Waals surface area contributed by atoms with Crippen molar-refractivity contribution in [2.75, 3.05) is 22.1 Å². The third-order valence-corrected chi connectivity index (χ3v) is 11.4. The van der Waals surface area contributed by atoms with Crippen LogP contribution in [0, 0.1) is 23.3 Å². The molecule has 0 unspecified atom stereocenters. The van der Waals surface area contributed by atoms with Crippen LogP contribution in [-0.2, 0) is 46.0 Å².